The third-order valence-electron chi connectivity index (χ3n) is 3.63. The molecule has 138 valence electrons. The summed E-state index contributed by atoms with van der Waals surface area (Å²) in [6.45, 7) is 0.299. The zero-order chi connectivity index (χ0) is 19.1. The van der Waals surface area contributed by atoms with Gasteiger partial charge in [-0.15, -0.1) is 0 Å². The van der Waals surface area contributed by atoms with Crippen LogP contribution in [0.3, 0.4) is 0 Å². The predicted octanol–water partition coefficient (Wildman–Crippen LogP) is 2.47. The number of aliphatic hydroxyl groups excluding tert-OH is 1. The Morgan fingerprint density at radius 1 is 1.11 bits per heavy atom. The van der Waals surface area contributed by atoms with Gasteiger partial charge in [0.2, 0.25) is 5.95 Å². The normalized spacial score (nSPS) is 10.3. The Hall–Kier alpha value is -3.52. The molecule has 3 aromatic rings. The van der Waals surface area contributed by atoms with Gasteiger partial charge in [0.1, 0.15) is 5.82 Å². The van der Waals surface area contributed by atoms with Crippen LogP contribution in [0.15, 0.2) is 54.7 Å². The zero-order valence-corrected chi connectivity index (χ0v) is 14.7. The molecule has 1 aromatic carbocycles. The SMILES string of the molecule is COC(=O)c1ccc(Nc2cc(-c3ccccn3)nc(NCCO)n2)cc1. The van der Waals surface area contributed by atoms with Crippen LogP contribution in [0.1, 0.15) is 10.4 Å². The van der Waals surface area contributed by atoms with Crippen LogP contribution in [0.5, 0.6) is 0 Å². The van der Waals surface area contributed by atoms with Crippen molar-refractivity contribution in [3.8, 4) is 11.4 Å². The van der Waals surface area contributed by atoms with Crippen molar-refractivity contribution in [2.45, 2.75) is 0 Å². The molecule has 0 atom stereocenters. The number of esters is 1. The Labute approximate surface area is 156 Å². The molecule has 0 unspecified atom stereocenters. The summed E-state index contributed by atoms with van der Waals surface area (Å²) < 4.78 is 4.70. The van der Waals surface area contributed by atoms with Crippen LogP contribution >= 0.6 is 0 Å². The van der Waals surface area contributed by atoms with Crippen LogP contribution in [0.4, 0.5) is 17.5 Å². The maximum atomic E-state index is 11.5. The second-order valence-electron chi connectivity index (χ2n) is 5.52. The fourth-order valence-electron chi connectivity index (χ4n) is 2.36. The molecule has 0 spiro atoms. The van der Waals surface area contributed by atoms with Gasteiger partial charge < -0.3 is 20.5 Å². The van der Waals surface area contributed by atoms with E-state index < -0.39 is 5.97 Å². The van der Waals surface area contributed by atoms with Gasteiger partial charge in [-0.3, -0.25) is 4.98 Å². The summed E-state index contributed by atoms with van der Waals surface area (Å²) in [6, 6.07) is 14.2. The fraction of sp³-hybridized carbons (Fsp3) is 0.158. The lowest BCUT2D eigenvalue weighted by Gasteiger charge is -2.11. The largest absolute Gasteiger partial charge is 0.465 e. The van der Waals surface area contributed by atoms with E-state index >= 15 is 0 Å². The van der Waals surface area contributed by atoms with E-state index in [4.69, 9.17) is 9.84 Å². The van der Waals surface area contributed by atoms with Crippen molar-refractivity contribution >= 4 is 23.4 Å². The maximum Gasteiger partial charge on any atom is 0.337 e. The maximum absolute atomic E-state index is 11.5. The Morgan fingerprint density at radius 3 is 2.59 bits per heavy atom. The molecule has 2 heterocycles. The van der Waals surface area contributed by atoms with E-state index in [9.17, 15) is 4.79 Å². The quantitative estimate of drug-likeness (QED) is 0.548. The summed E-state index contributed by atoms with van der Waals surface area (Å²) in [4.78, 5) is 24.7. The lowest BCUT2D eigenvalue weighted by atomic mass is 10.2. The first kappa shape index (κ1) is 18.3. The molecule has 0 amide bonds. The Kier molecular flexibility index (Phi) is 5.91. The minimum Gasteiger partial charge on any atom is -0.465 e. The molecule has 0 bridgehead atoms. The van der Waals surface area contributed by atoms with E-state index in [1.54, 1.807) is 36.5 Å². The molecule has 8 heteroatoms. The highest BCUT2D eigenvalue weighted by molar-refractivity contribution is 5.89. The molecule has 2 aromatic heterocycles. The number of benzene rings is 1. The number of rotatable bonds is 7. The summed E-state index contributed by atoms with van der Waals surface area (Å²) in [6.07, 6.45) is 1.69. The van der Waals surface area contributed by atoms with Crippen molar-refractivity contribution in [1.82, 2.24) is 15.0 Å². The molecule has 3 N–H and O–H groups in total. The Morgan fingerprint density at radius 2 is 1.93 bits per heavy atom. The minimum absolute atomic E-state index is 0.0328. The van der Waals surface area contributed by atoms with Crippen molar-refractivity contribution in [3.05, 3.63) is 60.3 Å². The van der Waals surface area contributed by atoms with Crippen molar-refractivity contribution in [2.75, 3.05) is 30.9 Å². The first-order valence-corrected chi connectivity index (χ1v) is 8.30. The second-order valence-corrected chi connectivity index (χ2v) is 5.52. The van der Waals surface area contributed by atoms with Gasteiger partial charge in [0.05, 0.1) is 30.7 Å². The molecule has 0 aliphatic carbocycles. The molecule has 0 radical (unpaired) electrons. The molecule has 8 nitrogen and oxygen atoms in total. The number of aromatic nitrogens is 3. The van der Waals surface area contributed by atoms with Gasteiger partial charge in [0.25, 0.3) is 0 Å². The topological polar surface area (TPSA) is 109 Å². The monoisotopic (exact) mass is 365 g/mol. The summed E-state index contributed by atoms with van der Waals surface area (Å²) in [5, 5.41) is 15.2. The van der Waals surface area contributed by atoms with Gasteiger partial charge in [0.15, 0.2) is 0 Å². The number of hydrogen-bond acceptors (Lipinski definition) is 8. The molecule has 0 aliphatic rings. The number of methoxy groups -OCH3 is 1. The molecular formula is C19H19N5O3. The zero-order valence-electron chi connectivity index (χ0n) is 14.7. The number of hydrogen-bond donors (Lipinski definition) is 3. The average Bonchev–Trinajstić information content (AvgIpc) is 2.72. The van der Waals surface area contributed by atoms with Crippen LogP contribution in [-0.2, 0) is 4.74 Å². The summed E-state index contributed by atoms with van der Waals surface area (Å²) in [5.41, 5.74) is 2.56. The summed E-state index contributed by atoms with van der Waals surface area (Å²) in [5.74, 6) is 0.536. The number of nitrogens with zero attached hydrogens (tertiary/aromatic N) is 3. The molecular weight excluding hydrogens is 346 g/mol. The number of carbonyl (C=O) groups excluding carboxylic acids is 1. The minimum atomic E-state index is -0.392. The van der Waals surface area contributed by atoms with Crippen molar-refractivity contribution in [2.24, 2.45) is 0 Å². The number of anilines is 3. The fourth-order valence-corrected chi connectivity index (χ4v) is 2.36. The number of pyridine rings is 1. The predicted molar refractivity (Wildman–Crippen MR) is 102 cm³/mol. The third-order valence-corrected chi connectivity index (χ3v) is 3.63. The molecule has 27 heavy (non-hydrogen) atoms. The molecule has 0 saturated carbocycles. The van der Waals surface area contributed by atoms with Crippen molar-refractivity contribution in [3.63, 3.8) is 0 Å². The van der Waals surface area contributed by atoms with Crippen molar-refractivity contribution < 1.29 is 14.6 Å². The first-order valence-electron chi connectivity index (χ1n) is 8.30. The van der Waals surface area contributed by atoms with E-state index in [0.717, 1.165) is 5.69 Å². The lowest BCUT2D eigenvalue weighted by molar-refractivity contribution is 0.0601. The smallest absolute Gasteiger partial charge is 0.337 e. The van der Waals surface area contributed by atoms with Gasteiger partial charge in [-0.05, 0) is 36.4 Å². The van der Waals surface area contributed by atoms with Crippen LogP contribution in [0, 0.1) is 0 Å². The van der Waals surface area contributed by atoms with Gasteiger partial charge in [-0.1, -0.05) is 6.07 Å². The summed E-state index contributed by atoms with van der Waals surface area (Å²) in [7, 11) is 1.34. The van der Waals surface area contributed by atoms with E-state index in [0.29, 0.717) is 35.3 Å². The molecule has 0 saturated heterocycles. The highest BCUT2D eigenvalue weighted by Gasteiger charge is 2.09. The highest BCUT2D eigenvalue weighted by Crippen LogP contribution is 2.22. The second kappa shape index (κ2) is 8.72. The Bertz CT molecular complexity index is 901. The lowest BCUT2D eigenvalue weighted by Crippen LogP contribution is -2.10. The molecule has 3 rings (SSSR count). The van der Waals surface area contributed by atoms with Crippen LogP contribution in [0.25, 0.3) is 11.4 Å². The number of ether oxygens (including phenoxy) is 1. The van der Waals surface area contributed by atoms with Crippen LogP contribution in [-0.4, -0.2) is 46.3 Å². The van der Waals surface area contributed by atoms with Gasteiger partial charge in [0, 0.05) is 24.5 Å². The first-order chi connectivity index (χ1) is 13.2. The third kappa shape index (κ3) is 4.77. The van der Waals surface area contributed by atoms with Crippen LogP contribution in [0.2, 0.25) is 0 Å². The number of nitrogens with one attached hydrogen (secondary N) is 2. The highest BCUT2D eigenvalue weighted by atomic mass is 16.5. The number of aliphatic hydroxyl groups is 1. The number of carbonyl (C=O) groups is 1. The van der Waals surface area contributed by atoms with Gasteiger partial charge in [-0.25, -0.2) is 9.78 Å². The van der Waals surface area contributed by atoms with E-state index in [-0.39, 0.29) is 6.61 Å². The van der Waals surface area contributed by atoms with Gasteiger partial charge in [-0.2, -0.15) is 4.98 Å². The Balaban J connectivity index is 1.88. The standard InChI is InChI=1S/C19H19N5O3/c1-27-18(26)13-5-7-14(8-6-13)22-17-12-16(15-4-2-3-9-20-15)23-19(24-17)21-10-11-25/h2-9,12,25H,10-11H2,1H3,(H2,21,22,23,24). The van der Waals surface area contributed by atoms with Crippen molar-refractivity contribution in [1.29, 1.82) is 0 Å². The van der Waals surface area contributed by atoms with Crippen LogP contribution < -0.4 is 10.6 Å². The molecule has 0 fully saturated rings. The van der Waals surface area contributed by atoms with E-state index in [1.165, 1.54) is 7.11 Å². The van der Waals surface area contributed by atoms with E-state index in [1.807, 2.05) is 18.2 Å². The molecule has 0 aliphatic heterocycles. The summed E-state index contributed by atoms with van der Waals surface area (Å²) >= 11 is 0. The van der Waals surface area contributed by atoms with Gasteiger partial charge >= 0.3 is 5.97 Å². The van der Waals surface area contributed by atoms with E-state index in [2.05, 4.69) is 25.6 Å². The average molecular weight is 365 g/mol.